The zero-order valence-electron chi connectivity index (χ0n) is 14.1. The number of nitrogens with zero attached hydrogens (tertiary/aromatic N) is 1. The third kappa shape index (κ3) is 5.47. The number of β-amino-alcohol motifs (C(OH)–C–C–N with tert-alkyl or cyclic N) is 1. The van der Waals surface area contributed by atoms with Crippen molar-refractivity contribution in [3.63, 3.8) is 0 Å². The zero-order chi connectivity index (χ0) is 18.0. The predicted molar refractivity (Wildman–Crippen MR) is 87.8 cm³/mol. The molecule has 24 heavy (non-hydrogen) atoms. The summed E-state index contributed by atoms with van der Waals surface area (Å²) in [5.74, 6) is -0.264. The summed E-state index contributed by atoms with van der Waals surface area (Å²) in [5, 5.41) is 10.2. The summed E-state index contributed by atoms with van der Waals surface area (Å²) in [6.45, 7) is 4.80. The maximum atomic E-state index is 12.0. The van der Waals surface area contributed by atoms with E-state index < -0.39 is 27.4 Å². The summed E-state index contributed by atoms with van der Waals surface area (Å²) in [6.07, 6.45) is -0.542. The molecule has 2 rings (SSSR count). The molecule has 0 saturated carbocycles. The molecule has 1 N–H and O–H groups in total. The third-order valence-electron chi connectivity index (χ3n) is 3.32. The van der Waals surface area contributed by atoms with E-state index in [2.05, 4.69) is 0 Å². The van der Waals surface area contributed by atoms with Crippen LogP contribution in [0.5, 0.6) is 0 Å². The molecule has 0 aliphatic carbocycles. The Labute approximate surface area is 142 Å². The van der Waals surface area contributed by atoms with Crippen LogP contribution in [0.2, 0.25) is 0 Å². The molecule has 134 valence electrons. The number of ether oxygens (including phenoxy) is 1. The molecule has 1 fully saturated rings. The van der Waals surface area contributed by atoms with E-state index in [1.807, 2.05) is 0 Å². The summed E-state index contributed by atoms with van der Waals surface area (Å²) >= 11 is 0. The fraction of sp³-hybridized carbons (Fsp3) is 0.562. The van der Waals surface area contributed by atoms with E-state index in [9.17, 15) is 18.3 Å². The summed E-state index contributed by atoms with van der Waals surface area (Å²) in [5.41, 5.74) is -1.39. The Kier molecular flexibility index (Phi) is 5.22. The van der Waals surface area contributed by atoms with Crippen molar-refractivity contribution >= 4 is 16.2 Å². The van der Waals surface area contributed by atoms with Crippen LogP contribution >= 0.6 is 0 Å². The van der Waals surface area contributed by atoms with Gasteiger partial charge in [0.15, 0.2) is 0 Å². The molecule has 7 nitrogen and oxygen atoms in total. The van der Waals surface area contributed by atoms with Gasteiger partial charge in [0.1, 0.15) is 17.0 Å². The lowest BCUT2D eigenvalue weighted by molar-refractivity contribution is -0.116. The quantitative estimate of drug-likeness (QED) is 0.803. The highest BCUT2D eigenvalue weighted by molar-refractivity contribution is 7.85. The number of hydrogen-bond donors (Lipinski definition) is 1. The van der Waals surface area contributed by atoms with Crippen molar-refractivity contribution < 1.29 is 27.2 Å². The van der Waals surface area contributed by atoms with Crippen LogP contribution < -0.4 is 0 Å². The average molecular weight is 357 g/mol. The van der Waals surface area contributed by atoms with Crippen molar-refractivity contribution in [3.05, 3.63) is 35.9 Å². The minimum atomic E-state index is -3.81. The Hall–Kier alpha value is -1.64. The van der Waals surface area contributed by atoms with Crippen LogP contribution in [0, 0.1) is 0 Å². The fourth-order valence-corrected chi connectivity index (χ4v) is 3.31. The molecule has 1 aliphatic rings. The van der Waals surface area contributed by atoms with E-state index in [1.165, 1.54) is 4.90 Å². The predicted octanol–water partition coefficient (Wildman–Crippen LogP) is 1.51. The van der Waals surface area contributed by atoms with Crippen molar-refractivity contribution in [3.8, 4) is 0 Å². The highest BCUT2D eigenvalue weighted by atomic mass is 32.2. The highest BCUT2D eigenvalue weighted by Crippen LogP contribution is 2.24. The van der Waals surface area contributed by atoms with Gasteiger partial charge in [0.2, 0.25) is 0 Å². The van der Waals surface area contributed by atoms with Gasteiger partial charge in [-0.05, 0) is 26.3 Å². The first-order valence-electron chi connectivity index (χ1n) is 7.59. The molecule has 1 aromatic rings. The molecule has 0 bridgehead atoms. The van der Waals surface area contributed by atoms with Gasteiger partial charge in [-0.25, -0.2) is 4.79 Å². The maximum absolute atomic E-state index is 12.0. The molecule has 1 aromatic carbocycles. The Balaban J connectivity index is 1.82. The van der Waals surface area contributed by atoms with Gasteiger partial charge in [-0.2, -0.15) is 8.42 Å². The monoisotopic (exact) mass is 357 g/mol. The van der Waals surface area contributed by atoms with Gasteiger partial charge < -0.3 is 14.7 Å². The van der Waals surface area contributed by atoms with E-state index in [4.69, 9.17) is 8.92 Å². The van der Waals surface area contributed by atoms with E-state index in [-0.39, 0.29) is 25.4 Å². The topological polar surface area (TPSA) is 93.1 Å². The largest absolute Gasteiger partial charge is 0.444 e. The number of rotatable bonds is 5. The molecular formula is C16H23NO6S. The van der Waals surface area contributed by atoms with E-state index in [0.717, 1.165) is 0 Å². The zero-order valence-corrected chi connectivity index (χ0v) is 14.9. The van der Waals surface area contributed by atoms with Crippen molar-refractivity contribution in [1.82, 2.24) is 4.90 Å². The molecule has 0 aromatic heterocycles. The number of aliphatic hydroxyl groups is 1. The standard InChI is InChI=1S/C16H23NO6S/c1-15(2,3)23-14(18)17-10-16(19,11-17)12-22-24(20,21)9-13-7-5-4-6-8-13/h4-8,19H,9-12H2,1-3H3. The van der Waals surface area contributed by atoms with Crippen LogP contribution in [0.3, 0.4) is 0 Å². The normalized spacial score (nSPS) is 17.2. The number of carbonyl (C=O) groups excluding carboxylic acids is 1. The summed E-state index contributed by atoms with van der Waals surface area (Å²) in [7, 11) is -3.81. The van der Waals surface area contributed by atoms with Crippen molar-refractivity contribution in [2.24, 2.45) is 0 Å². The van der Waals surface area contributed by atoms with Gasteiger partial charge in [-0.15, -0.1) is 0 Å². The number of hydrogen-bond acceptors (Lipinski definition) is 6. The van der Waals surface area contributed by atoms with Crippen LogP contribution in [0.4, 0.5) is 4.79 Å². The van der Waals surface area contributed by atoms with Gasteiger partial charge in [0.05, 0.1) is 19.7 Å². The molecule has 0 unspecified atom stereocenters. The maximum Gasteiger partial charge on any atom is 0.410 e. The molecule has 0 spiro atoms. The van der Waals surface area contributed by atoms with Crippen LogP contribution in [0.1, 0.15) is 26.3 Å². The minimum Gasteiger partial charge on any atom is -0.444 e. The first-order chi connectivity index (χ1) is 11.0. The van der Waals surface area contributed by atoms with Gasteiger partial charge in [0, 0.05) is 0 Å². The lowest BCUT2D eigenvalue weighted by Crippen LogP contribution is -2.66. The highest BCUT2D eigenvalue weighted by Gasteiger charge is 2.46. The summed E-state index contributed by atoms with van der Waals surface area (Å²) in [6, 6.07) is 8.64. The van der Waals surface area contributed by atoms with E-state index >= 15 is 0 Å². The molecular weight excluding hydrogens is 334 g/mol. The van der Waals surface area contributed by atoms with E-state index in [1.54, 1.807) is 51.1 Å². The molecule has 8 heteroatoms. The first-order valence-corrected chi connectivity index (χ1v) is 9.17. The number of benzene rings is 1. The van der Waals surface area contributed by atoms with Crippen LogP contribution in [-0.2, 0) is 24.8 Å². The minimum absolute atomic E-state index is 0.0250. The molecule has 1 amide bonds. The summed E-state index contributed by atoms with van der Waals surface area (Å²) in [4.78, 5) is 13.1. The lowest BCUT2D eigenvalue weighted by Gasteiger charge is -2.45. The second-order valence-corrected chi connectivity index (χ2v) is 8.65. The van der Waals surface area contributed by atoms with Gasteiger partial charge in [-0.1, -0.05) is 30.3 Å². The van der Waals surface area contributed by atoms with Crippen molar-refractivity contribution in [2.75, 3.05) is 19.7 Å². The molecule has 0 radical (unpaired) electrons. The van der Waals surface area contributed by atoms with Gasteiger partial charge in [0.25, 0.3) is 10.1 Å². The van der Waals surface area contributed by atoms with Crippen LogP contribution in [0.25, 0.3) is 0 Å². The Morgan fingerprint density at radius 2 is 1.83 bits per heavy atom. The molecule has 0 atom stereocenters. The molecule has 1 aliphatic heterocycles. The second-order valence-electron chi connectivity index (χ2n) is 7.01. The Morgan fingerprint density at radius 3 is 2.38 bits per heavy atom. The summed E-state index contributed by atoms with van der Waals surface area (Å²) < 4.78 is 34.0. The number of amides is 1. The smallest absolute Gasteiger partial charge is 0.410 e. The first kappa shape index (κ1) is 18.7. The third-order valence-corrected chi connectivity index (χ3v) is 4.48. The van der Waals surface area contributed by atoms with Crippen molar-refractivity contribution in [1.29, 1.82) is 0 Å². The van der Waals surface area contributed by atoms with Crippen LogP contribution in [0.15, 0.2) is 30.3 Å². The Morgan fingerprint density at radius 1 is 1.25 bits per heavy atom. The van der Waals surface area contributed by atoms with Gasteiger partial charge >= 0.3 is 6.09 Å². The fourth-order valence-electron chi connectivity index (χ4n) is 2.23. The number of likely N-dealkylation sites (tertiary alicyclic amines) is 1. The van der Waals surface area contributed by atoms with E-state index in [0.29, 0.717) is 5.56 Å². The SMILES string of the molecule is CC(C)(C)OC(=O)N1CC(O)(COS(=O)(=O)Cc2ccccc2)C1. The molecule has 1 heterocycles. The van der Waals surface area contributed by atoms with Crippen molar-refractivity contribution in [2.45, 2.75) is 37.7 Å². The second kappa shape index (κ2) is 6.70. The lowest BCUT2D eigenvalue weighted by atomic mass is 9.96. The number of carbonyl (C=O) groups is 1. The Bertz CT molecular complexity index is 674. The average Bonchev–Trinajstić information content (AvgIpc) is 2.41. The van der Waals surface area contributed by atoms with Gasteiger partial charge in [-0.3, -0.25) is 4.18 Å². The molecule has 1 saturated heterocycles. The van der Waals surface area contributed by atoms with Crippen LogP contribution in [-0.4, -0.2) is 55.4 Å².